The molecule has 1 aromatic heterocycles. The summed E-state index contributed by atoms with van der Waals surface area (Å²) in [5, 5.41) is 0. The number of piperidine rings is 1. The third kappa shape index (κ3) is 3.73. The second-order valence-electron chi connectivity index (χ2n) is 6.03. The van der Waals surface area contributed by atoms with E-state index in [4.69, 9.17) is 0 Å². The van der Waals surface area contributed by atoms with E-state index in [1.165, 1.54) is 6.42 Å². The summed E-state index contributed by atoms with van der Waals surface area (Å²) in [4.78, 5) is 22.3. The van der Waals surface area contributed by atoms with E-state index in [9.17, 15) is 9.18 Å². The zero-order chi connectivity index (χ0) is 16.2. The number of hydrogen-bond donors (Lipinski definition) is 0. The predicted octanol–water partition coefficient (Wildman–Crippen LogP) is 3.23. The molecule has 0 spiro atoms. The van der Waals surface area contributed by atoms with Crippen molar-refractivity contribution in [2.24, 2.45) is 0 Å². The van der Waals surface area contributed by atoms with Gasteiger partial charge in [0.15, 0.2) is 11.6 Å². The van der Waals surface area contributed by atoms with Crippen molar-refractivity contribution in [2.75, 3.05) is 6.54 Å². The van der Waals surface area contributed by atoms with Crippen molar-refractivity contribution >= 4 is 5.91 Å². The highest BCUT2D eigenvalue weighted by Gasteiger charge is 2.22. The van der Waals surface area contributed by atoms with Crippen molar-refractivity contribution in [1.29, 1.82) is 0 Å². The maximum atomic E-state index is 12.9. The molecule has 0 unspecified atom stereocenters. The quantitative estimate of drug-likeness (QED) is 0.874. The summed E-state index contributed by atoms with van der Waals surface area (Å²) in [5.74, 6) is 0.212. The summed E-state index contributed by atoms with van der Waals surface area (Å²) in [7, 11) is 0. The van der Waals surface area contributed by atoms with Crippen molar-refractivity contribution in [3.63, 3.8) is 0 Å². The second kappa shape index (κ2) is 6.86. The molecule has 1 aliphatic heterocycles. The van der Waals surface area contributed by atoms with E-state index in [2.05, 4.69) is 16.9 Å². The van der Waals surface area contributed by atoms with E-state index < -0.39 is 5.82 Å². The summed E-state index contributed by atoms with van der Waals surface area (Å²) < 4.78 is 12.9. The fraction of sp³-hybridized carbons (Fsp3) is 0.389. The molecule has 0 radical (unpaired) electrons. The Morgan fingerprint density at radius 3 is 2.57 bits per heavy atom. The molecule has 1 aromatic carbocycles. The number of nitrogens with zero attached hydrogens (tertiary/aromatic N) is 3. The van der Waals surface area contributed by atoms with E-state index in [0.29, 0.717) is 18.3 Å². The smallest absolute Gasteiger partial charge is 0.227 e. The first-order valence-electron chi connectivity index (χ1n) is 8.00. The fourth-order valence-electron chi connectivity index (χ4n) is 2.98. The average Bonchev–Trinajstić information content (AvgIpc) is 2.57. The molecule has 0 saturated carbocycles. The lowest BCUT2D eigenvalue weighted by Crippen LogP contribution is -2.42. The standard InChI is InChI=1S/C18H20FN3O/c1-13-4-2-3-9-22(13)17(23)10-14-5-7-15(8-6-14)18-20-11-16(19)12-21-18/h5-8,11-13H,2-4,9-10H2,1H3/t13-/m0/s1. The van der Waals surface area contributed by atoms with Crippen LogP contribution in [0.15, 0.2) is 36.7 Å². The molecular formula is C18H20FN3O. The van der Waals surface area contributed by atoms with Crippen molar-refractivity contribution in [2.45, 2.75) is 38.6 Å². The van der Waals surface area contributed by atoms with Crippen LogP contribution in [-0.2, 0) is 11.2 Å². The van der Waals surface area contributed by atoms with Gasteiger partial charge in [-0.3, -0.25) is 4.79 Å². The molecule has 1 saturated heterocycles. The van der Waals surface area contributed by atoms with Gasteiger partial charge in [0.25, 0.3) is 0 Å². The molecule has 1 aliphatic rings. The van der Waals surface area contributed by atoms with Gasteiger partial charge in [0.05, 0.1) is 18.8 Å². The normalized spacial score (nSPS) is 18.0. The van der Waals surface area contributed by atoms with E-state index in [1.54, 1.807) is 0 Å². The van der Waals surface area contributed by atoms with E-state index in [-0.39, 0.29) is 5.91 Å². The molecule has 4 nitrogen and oxygen atoms in total. The van der Waals surface area contributed by atoms with Crippen molar-refractivity contribution < 1.29 is 9.18 Å². The van der Waals surface area contributed by atoms with Crippen LogP contribution >= 0.6 is 0 Å². The van der Waals surface area contributed by atoms with Crippen molar-refractivity contribution in [3.8, 4) is 11.4 Å². The number of carbonyl (C=O) groups is 1. The Bertz CT molecular complexity index is 670. The van der Waals surface area contributed by atoms with Crippen LogP contribution in [0.4, 0.5) is 4.39 Å². The topological polar surface area (TPSA) is 46.1 Å². The molecule has 23 heavy (non-hydrogen) atoms. The molecule has 2 aromatic rings. The Kier molecular flexibility index (Phi) is 4.65. The molecule has 120 valence electrons. The van der Waals surface area contributed by atoms with Crippen LogP contribution in [0.3, 0.4) is 0 Å². The SMILES string of the molecule is C[C@H]1CCCCN1C(=O)Cc1ccc(-c2ncc(F)cn2)cc1. The van der Waals surface area contributed by atoms with Crippen molar-refractivity contribution in [3.05, 3.63) is 48.0 Å². The Hall–Kier alpha value is -2.30. The minimum Gasteiger partial charge on any atom is -0.340 e. The van der Waals surface area contributed by atoms with Gasteiger partial charge in [0, 0.05) is 18.2 Å². The van der Waals surface area contributed by atoms with Gasteiger partial charge in [-0.1, -0.05) is 24.3 Å². The number of rotatable bonds is 3. The zero-order valence-electron chi connectivity index (χ0n) is 13.2. The van der Waals surface area contributed by atoms with Gasteiger partial charge in [-0.2, -0.15) is 0 Å². The summed E-state index contributed by atoms with van der Waals surface area (Å²) in [6.45, 7) is 2.98. The van der Waals surface area contributed by atoms with Gasteiger partial charge < -0.3 is 4.90 Å². The monoisotopic (exact) mass is 313 g/mol. The van der Waals surface area contributed by atoms with E-state index in [1.807, 2.05) is 29.2 Å². The molecule has 0 N–H and O–H groups in total. The van der Waals surface area contributed by atoms with Crippen LogP contribution in [0.25, 0.3) is 11.4 Å². The Morgan fingerprint density at radius 1 is 1.22 bits per heavy atom. The van der Waals surface area contributed by atoms with Gasteiger partial charge in [-0.25, -0.2) is 14.4 Å². The van der Waals surface area contributed by atoms with Crippen LogP contribution in [0, 0.1) is 5.82 Å². The second-order valence-corrected chi connectivity index (χ2v) is 6.03. The highest BCUT2D eigenvalue weighted by molar-refractivity contribution is 5.79. The Labute approximate surface area is 135 Å². The van der Waals surface area contributed by atoms with Crippen LogP contribution in [0.5, 0.6) is 0 Å². The molecule has 5 heteroatoms. The number of halogens is 1. The Morgan fingerprint density at radius 2 is 1.91 bits per heavy atom. The minimum atomic E-state index is -0.452. The molecular weight excluding hydrogens is 293 g/mol. The van der Waals surface area contributed by atoms with Gasteiger partial charge >= 0.3 is 0 Å². The third-order valence-electron chi connectivity index (χ3n) is 4.31. The fourth-order valence-corrected chi connectivity index (χ4v) is 2.98. The number of carbonyl (C=O) groups excluding carboxylic acids is 1. The van der Waals surface area contributed by atoms with E-state index >= 15 is 0 Å². The molecule has 2 heterocycles. The number of amides is 1. The lowest BCUT2D eigenvalue weighted by molar-refractivity contribution is -0.133. The summed E-state index contributed by atoms with van der Waals surface area (Å²) >= 11 is 0. The molecule has 0 bridgehead atoms. The van der Waals surface area contributed by atoms with Crippen LogP contribution in [0.2, 0.25) is 0 Å². The van der Waals surface area contributed by atoms with Gasteiger partial charge in [-0.15, -0.1) is 0 Å². The van der Waals surface area contributed by atoms with Gasteiger partial charge in [0.2, 0.25) is 5.91 Å². The first-order valence-corrected chi connectivity index (χ1v) is 8.00. The minimum absolute atomic E-state index is 0.183. The third-order valence-corrected chi connectivity index (χ3v) is 4.31. The molecule has 1 amide bonds. The summed E-state index contributed by atoms with van der Waals surface area (Å²) in [5.41, 5.74) is 1.78. The van der Waals surface area contributed by atoms with E-state index in [0.717, 1.165) is 42.9 Å². The van der Waals surface area contributed by atoms with Crippen LogP contribution in [0.1, 0.15) is 31.7 Å². The van der Waals surface area contributed by atoms with Crippen LogP contribution in [-0.4, -0.2) is 33.4 Å². The highest BCUT2D eigenvalue weighted by atomic mass is 19.1. The summed E-state index contributed by atoms with van der Waals surface area (Å²) in [6.07, 6.45) is 6.10. The van der Waals surface area contributed by atoms with Crippen LogP contribution < -0.4 is 0 Å². The number of hydrogen-bond acceptors (Lipinski definition) is 3. The first kappa shape index (κ1) is 15.6. The lowest BCUT2D eigenvalue weighted by atomic mass is 10.0. The Balaban J connectivity index is 1.67. The first-order chi connectivity index (χ1) is 11.1. The predicted molar refractivity (Wildman–Crippen MR) is 86.2 cm³/mol. The molecule has 0 aliphatic carbocycles. The highest BCUT2D eigenvalue weighted by Crippen LogP contribution is 2.19. The lowest BCUT2D eigenvalue weighted by Gasteiger charge is -2.33. The molecule has 1 fully saturated rings. The van der Waals surface area contributed by atoms with Crippen molar-refractivity contribution in [1.82, 2.24) is 14.9 Å². The molecule has 1 atom stereocenters. The largest absolute Gasteiger partial charge is 0.340 e. The zero-order valence-corrected chi connectivity index (χ0v) is 13.2. The number of aromatic nitrogens is 2. The van der Waals surface area contributed by atoms with Gasteiger partial charge in [0.1, 0.15) is 0 Å². The number of benzene rings is 1. The maximum absolute atomic E-state index is 12.9. The number of likely N-dealkylation sites (tertiary alicyclic amines) is 1. The summed E-state index contributed by atoms with van der Waals surface area (Å²) in [6, 6.07) is 7.90. The molecule has 3 rings (SSSR count). The maximum Gasteiger partial charge on any atom is 0.227 e. The average molecular weight is 313 g/mol. The van der Waals surface area contributed by atoms with Gasteiger partial charge in [-0.05, 0) is 31.7 Å².